The van der Waals surface area contributed by atoms with Crippen molar-refractivity contribution in [2.75, 3.05) is 41.3 Å². The second-order valence-corrected chi connectivity index (χ2v) is 8.14. The number of rotatable bonds is 5. The third kappa shape index (κ3) is 5.67. The van der Waals surface area contributed by atoms with E-state index in [0.717, 1.165) is 44.2 Å². The van der Waals surface area contributed by atoms with Gasteiger partial charge in [-0.25, -0.2) is 0 Å². The number of aromatic nitrogens is 2. The van der Waals surface area contributed by atoms with Gasteiger partial charge in [-0.2, -0.15) is 9.97 Å². The molecule has 0 unspecified atom stereocenters. The van der Waals surface area contributed by atoms with Gasteiger partial charge in [0.25, 0.3) is 0 Å². The molecule has 0 spiro atoms. The molecule has 2 aliphatic heterocycles. The van der Waals surface area contributed by atoms with Gasteiger partial charge in [0.05, 0.1) is 0 Å². The lowest BCUT2D eigenvalue weighted by molar-refractivity contribution is 0.481. The second-order valence-electron chi connectivity index (χ2n) is 7.73. The first kappa shape index (κ1) is 20.1. The average molecular weight is 391 g/mol. The van der Waals surface area contributed by atoms with Gasteiger partial charge in [-0.15, -0.1) is 0 Å². The summed E-state index contributed by atoms with van der Waals surface area (Å²) >= 11 is 5.42. The van der Waals surface area contributed by atoms with E-state index in [9.17, 15) is 0 Å². The van der Waals surface area contributed by atoms with Crippen LogP contribution in [0.2, 0.25) is 0 Å². The van der Waals surface area contributed by atoms with E-state index in [1.807, 2.05) is 0 Å². The molecule has 7 heteroatoms. The lowest BCUT2D eigenvalue weighted by Crippen LogP contribution is -2.38. The van der Waals surface area contributed by atoms with Crippen LogP contribution in [0.4, 0.5) is 17.6 Å². The zero-order chi connectivity index (χ0) is 19.1. The minimum atomic E-state index is 0.517. The van der Waals surface area contributed by atoms with E-state index in [4.69, 9.17) is 22.2 Å². The molecular formula is C20H34N6S. The zero-order valence-electron chi connectivity index (χ0n) is 16.8. The van der Waals surface area contributed by atoms with Gasteiger partial charge < -0.3 is 20.4 Å². The summed E-state index contributed by atoms with van der Waals surface area (Å²) in [6, 6.07) is 2.70. The Morgan fingerprint density at radius 3 is 2.48 bits per heavy atom. The van der Waals surface area contributed by atoms with Crippen molar-refractivity contribution in [1.29, 1.82) is 0 Å². The van der Waals surface area contributed by atoms with E-state index < -0.39 is 0 Å². The maximum atomic E-state index is 5.42. The molecule has 6 nitrogen and oxygen atoms in total. The predicted octanol–water partition coefficient (Wildman–Crippen LogP) is 3.93. The van der Waals surface area contributed by atoms with Crippen molar-refractivity contribution >= 4 is 34.9 Å². The fraction of sp³-hybridized carbons (Fsp3) is 0.750. The number of thiocarbonyl (C=S) groups is 1. The number of piperidine rings is 1. The number of hydrogen-bond acceptors (Lipinski definition) is 5. The highest BCUT2D eigenvalue weighted by Crippen LogP contribution is 2.28. The van der Waals surface area contributed by atoms with Crippen molar-refractivity contribution in [3.05, 3.63) is 6.07 Å². The van der Waals surface area contributed by atoms with Crippen molar-refractivity contribution in [3.63, 3.8) is 0 Å². The summed E-state index contributed by atoms with van der Waals surface area (Å²) < 4.78 is 0. The van der Waals surface area contributed by atoms with Gasteiger partial charge in [-0.1, -0.05) is 19.8 Å². The van der Waals surface area contributed by atoms with Crippen molar-refractivity contribution < 1.29 is 0 Å². The Bertz CT molecular complexity index is 614. The van der Waals surface area contributed by atoms with Crippen molar-refractivity contribution in [1.82, 2.24) is 15.3 Å². The number of nitrogens with one attached hydrogen (secondary N) is 2. The molecule has 1 aromatic rings. The van der Waals surface area contributed by atoms with Crippen molar-refractivity contribution in [2.45, 2.75) is 71.3 Å². The standard InChI is InChI=1S/C20H34N6S/c1-3-11-21-20(27)24-19-22-17(25-12-7-4-5-8-13-25)15-18(23-19)26-14-9-6-10-16(26)2/h15-16H,3-14H2,1-2H3,(H2,21,22,23,24,27)/t16-/m1/s1. The van der Waals surface area contributed by atoms with Gasteiger partial charge in [0.15, 0.2) is 5.11 Å². The van der Waals surface area contributed by atoms with E-state index in [1.54, 1.807) is 0 Å². The summed E-state index contributed by atoms with van der Waals surface area (Å²) in [6.07, 6.45) is 9.89. The highest BCUT2D eigenvalue weighted by Gasteiger charge is 2.22. The van der Waals surface area contributed by atoms with Crippen LogP contribution >= 0.6 is 12.2 Å². The van der Waals surface area contributed by atoms with Gasteiger partial charge in [0, 0.05) is 38.3 Å². The van der Waals surface area contributed by atoms with Crippen LogP contribution in [0.5, 0.6) is 0 Å². The van der Waals surface area contributed by atoms with E-state index in [1.165, 1.54) is 44.9 Å². The lowest BCUT2D eigenvalue weighted by atomic mass is 10.0. The summed E-state index contributed by atoms with van der Waals surface area (Å²) in [5.41, 5.74) is 0. The second kappa shape index (κ2) is 10.1. The van der Waals surface area contributed by atoms with Crippen LogP contribution in [-0.4, -0.2) is 47.3 Å². The summed E-state index contributed by atoms with van der Waals surface area (Å²) in [4.78, 5) is 14.5. The maximum absolute atomic E-state index is 5.42. The summed E-state index contributed by atoms with van der Waals surface area (Å²) in [5, 5.41) is 7.02. The molecule has 3 heterocycles. The van der Waals surface area contributed by atoms with Crippen molar-refractivity contribution in [3.8, 4) is 0 Å². The minimum Gasteiger partial charge on any atom is -0.362 e. The molecule has 3 rings (SSSR count). The molecule has 0 aromatic carbocycles. The average Bonchev–Trinajstić information content (AvgIpc) is 2.96. The summed E-state index contributed by atoms with van der Waals surface area (Å²) in [5.74, 6) is 2.66. The van der Waals surface area contributed by atoms with Gasteiger partial charge in [-0.05, 0) is 57.7 Å². The molecule has 0 aliphatic carbocycles. The Kier molecular flexibility index (Phi) is 7.50. The predicted molar refractivity (Wildman–Crippen MR) is 118 cm³/mol. The van der Waals surface area contributed by atoms with E-state index in [2.05, 4.69) is 40.3 Å². The molecular weight excluding hydrogens is 356 g/mol. The molecule has 0 radical (unpaired) electrons. The Morgan fingerprint density at radius 2 is 1.78 bits per heavy atom. The Balaban J connectivity index is 1.85. The molecule has 2 N–H and O–H groups in total. The quantitative estimate of drug-likeness (QED) is 0.739. The largest absolute Gasteiger partial charge is 0.362 e. The number of hydrogen-bond donors (Lipinski definition) is 2. The molecule has 1 aromatic heterocycles. The third-order valence-corrected chi connectivity index (χ3v) is 5.73. The first-order chi connectivity index (χ1) is 13.2. The van der Waals surface area contributed by atoms with E-state index >= 15 is 0 Å². The molecule has 2 fully saturated rings. The highest BCUT2D eigenvalue weighted by molar-refractivity contribution is 7.80. The SMILES string of the molecule is CCCNC(=S)Nc1nc(N2CCCCCC2)cc(N2CCCC[C@H]2C)n1. The number of anilines is 3. The first-order valence-corrected chi connectivity index (χ1v) is 11.0. The number of nitrogens with zero attached hydrogens (tertiary/aromatic N) is 4. The van der Waals surface area contributed by atoms with Crippen LogP contribution in [0.15, 0.2) is 6.07 Å². The lowest BCUT2D eigenvalue weighted by Gasteiger charge is -2.35. The van der Waals surface area contributed by atoms with Gasteiger partial charge >= 0.3 is 0 Å². The van der Waals surface area contributed by atoms with Gasteiger partial charge in [-0.3, -0.25) is 0 Å². The Morgan fingerprint density at radius 1 is 1.07 bits per heavy atom. The topological polar surface area (TPSA) is 56.3 Å². The van der Waals surface area contributed by atoms with Crippen LogP contribution in [0.25, 0.3) is 0 Å². The zero-order valence-corrected chi connectivity index (χ0v) is 17.7. The normalized spacial score (nSPS) is 20.9. The monoisotopic (exact) mass is 390 g/mol. The minimum absolute atomic E-state index is 0.517. The molecule has 0 bridgehead atoms. The van der Waals surface area contributed by atoms with Crippen LogP contribution in [0.3, 0.4) is 0 Å². The fourth-order valence-corrected chi connectivity index (χ4v) is 4.10. The first-order valence-electron chi connectivity index (χ1n) is 10.6. The summed E-state index contributed by atoms with van der Waals surface area (Å²) in [7, 11) is 0. The smallest absolute Gasteiger partial charge is 0.232 e. The third-order valence-electron chi connectivity index (χ3n) is 5.49. The maximum Gasteiger partial charge on any atom is 0.232 e. The molecule has 150 valence electrons. The molecule has 0 saturated carbocycles. The molecule has 27 heavy (non-hydrogen) atoms. The molecule has 0 amide bonds. The summed E-state index contributed by atoms with van der Waals surface area (Å²) in [6.45, 7) is 8.49. The Hall–Kier alpha value is -1.63. The van der Waals surface area contributed by atoms with Crippen molar-refractivity contribution in [2.24, 2.45) is 0 Å². The van der Waals surface area contributed by atoms with E-state index in [0.29, 0.717) is 17.1 Å². The Labute approximate surface area is 169 Å². The van der Waals surface area contributed by atoms with Gasteiger partial charge in [0.2, 0.25) is 5.95 Å². The van der Waals surface area contributed by atoms with E-state index in [-0.39, 0.29) is 0 Å². The fourth-order valence-electron chi connectivity index (χ4n) is 3.91. The van der Waals surface area contributed by atoms with Crippen LogP contribution in [0.1, 0.15) is 65.2 Å². The molecule has 1 atom stereocenters. The highest BCUT2D eigenvalue weighted by atomic mass is 32.1. The molecule has 2 aliphatic rings. The molecule has 2 saturated heterocycles. The van der Waals surface area contributed by atoms with Crippen LogP contribution in [-0.2, 0) is 0 Å². The van der Waals surface area contributed by atoms with Gasteiger partial charge in [0.1, 0.15) is 11.6 Å². The van der Waals surface area contributed by atoms with Crippen LogP contribution in [0, 0.1) is 0 Å². The van der Waals surface area contributed by atoms with Crippen LogP contribution < -0.4 is 20.4 Å².